The largest absolute Gasteiger partial charge is 0.304 e. The molecule has 148 valence electrons. The average molecular weight is 412 g/mol. The van der Waals surface area contributed by atoms with E-state index in [4.69, 9.17) is 0 Å². The summed E-state index contributed by atoms with van der Waals surface area (Å²) < 4.78 is 13.3. The van der Waals surface area contributed by atoms with E-state index in [1.807, 2.05) is 0 Å². The second-order valence-electron chi connectivity index (χ2n) is 6.70. The van der Waals surface area contributed by atoms with E-state index in [2.05, 4.69) is 10.4 Å². The third-order valence-electron chi connectivity index (χ3n) is 4.66. The normalized spacial score (nSPS) is 20.1. The Labute approximate surface area is 170 Å². The second kappa shape index (κ2) is 7.00. The van der Waals surface area contributed by atoms with Crippen LogP contribution in [0.4, 0.5) is 10.1 Å². The van der Waals surface area contributed by atoms with Gasteiger partial charge in [0, 0.05) is 19.4 Å². The number of anilines is 1. The molecule has 0 saturated heterocycles. The number of carbonyl (C=O) groups excluding carboxylic acids is 3. The predicted molar refractivity (Wildman–Crippen MR) is 107 cm³/mol. The summed E-state index contributed by atoms with van der Waals surface area (Å²) in [4.78, 5) is 37.7. The van der Waals surface area contributed by atoms with E-state index < -0.39 is 10.8 Å². The fourth-order valence-electron chi connectivity index (χ4n) is 3.49. The van der Waals surface area contributed by atoms with Crippen molar-refractivity contribution in [3.8, 4) is 0 Å². The first-order valence-electron chi connectivity index (χ1n) is 8.85. The molecule has 2 aliphatic heterocycles. The van der Waals surface area contributed by atoms with Gasteiger partial charge >= 0.3 is 0 Å². The summed E-state index contributed by atoms with van der Waals surface area (Å²) in [6.45, 7) is 2.86. The van der Waals surface area contributed by atoms with Crippen molar-refractivity contribution in [1.82, 2.24) is 10.3 Å². The summed E-state index contributed by atoms with van der Waals surface area (Å²) in [6, 6.07) is 13.0. The molecule has 0 radical (unpaired) electrons. The number of thioether (sulfide) groups is 1. The van der Waals surface area contributed by atoms with Gasteiger partial charge in [-0.05, 0) is 35.5 Å². The summed E-state index contributed by atoms with van der Waals surface area (Å²) in [5, 5.41) is 8.07. The van der Waals surface area contributed by atoms with Crippen LogP contribution < -0.4 is 10.2 Å². The Hall–Kier alpha value is -3.20. The molecule has 2 aliphatic rings. The average Bonchev–Trinajstić information content (AvgIpc) is 3.16. The van der Waals surface area contributed by atoms with Gasteiger partial charge in [-0.3, -0.25) is 14.4 Å². The van der Waals surface area contributed by atoms with Crippen LogP contribution in [-0.4, -0.2) is 27.9 Å². The molecule has 0 fully saturated rings. The first-order chi connectivity index (χ1) is 13.8. The van der Waals surface area contributed by atoms with Crippen LogP contribution in [0.1, 0.15) is 25.0 Å². The Morgan fingerprint density at radius 2 is 1.83 bits per heavy atom. The Balaban J connectivity index is 1.78. The number of hydrazone groups is 1. The lowest BCUT2D eigenvalue weighted by atomic mass is 10.1. The monoisotopic (exact) mass is 412 g/mol. The lowest BCUT2D eigenvalue weighted by Gasteiger charge is -2.29. The fourth-order valence-corrected chi connectivity index (χ4v) is 4.83. The molecule has 1 N–H and O–H groups in total. The summed E-state index contributed by atoms with van der Waals surface area (Å²) in [5.41, 5.74) is 1.99. The maximum Gasteiger partial charge on any atom is 0.271 e. The van der Waals surface area contributed by atoms with Crippen molar-refractivity contribution in [1.29, 1.82) is 0 Å². The van der Waals surface area contributed by atoms with Gasteiger partial charge in [0.1, 0.15) is 5.82 Å². The first kappa shape index (κ1) is 19.1. The van der Waals surface area contributed by atoms with Crippen LogP contribution in [0.5, 0.6) is 0 Å². The van der Waals surface area contributed by atoms with Gasteiger partial charge < -0.3 is 10.2 Å². The Morgan fingerprint density at radius 3 is 2.48 bits per heavy atom. The molecular weight excluding hydrogens is 395 g/mol. The minimum atomic E-state index is -1.43. The summed E-state index contributed by atoms with van der Waals surface area (Å²) in [7, 11) is 0. The molecule has 1 spiro atoms. The number of nitrogens with zero attached hydrogens (tertiary/aromatic N) is 3. The van der Waals surface area contributed by atoms with Crippen molar-refractivity contribution in [3.05, 3.63) is 65.5 Å². The minimum absolute atomic E-state index is 0.180. The van der Waals surface area contributed by atoms with Crippen molar-refractivity contribution < 1.29 is 18.8 Å². The number of halogens is 1. The molecule has 2 aromatic rings. The van der Waals surface area contributed by atoms with E-state index in [1.165, 1.54) is 26.0 Å². The zero-order valence-corrected chi connectivity index (χ0v) is 16.5. The van der Waals surface area contributed by atoms with Gasteiger partial charge in [0.25, 0.3) is 5.91 Å². The highest BCUT2D eigenvalue weighted by Gasteiger charge is 2.61. The van der Waals surface area contributed by atoms with E-state index in [-0.39, 0.29) is 29.3 Å². The fraction of sp³-hybridized carbons (Fsp3) is 0.200. The molecule has 29 heavy (non-hydrogen) atoms. The molecule has 0 saturated carbocycles. The van der Waals surface area contributed by atoms with Crippen LogP contribution in [-0.2, 0) is 25.8 Å². The number of fused-ring (bicyclic) bond motifs is 2. The predicted octanol–water partition coefficient (Wildman–Crippen LogP) is 2.53. The van der Waals surface area contributed by atoms with Crippen molar-refractivity contribution in [3.63, 3.8) is 0 Å². The highest BCUT2D eigenvalue weighted by Crippen LogP contribution is 2.54. The molecule has 0 aliphatic carbocycles. The zero-order chi connectivity index (χ0) is 20.8. The quantitative estimate of drug-likeness (QED) is 0.822. The van der Waals surface area contributed by atoms with Gasteiger partial charge in [0.15, 0.2) is 5.17 Å². The number of hydrogen-bond donors (Lipinski definition) is 1. The molecule has 0 aromatic heterocycles. The summed E-state index contributed by atoms with van der Waals surface area (Å²) in [6.07, 6.45) is 0. The van der Waals surface area contributed by atoms with E-state index in [0.717, 1.165) is 22.3 Å². The molecule has 0 bridgehead atoms. The van der Waals surface area contributed by atoms with E-state index >= 15 is 0 Å². The molecule has 2 heterocycles. The Morgan fingerprint density at radius 1 is 1.14 bits per heavy atom. The van der Waals surface area contributed by atoms with Gasteiger partial charge in [-0.25, -0.2) is 4.39 Å². The van der Waals surface area contributed by atoms with Crippen molar-refractivity contribution >= 4 is 40.3 Å². The topological polar surface area (TPSA) is 82.1 Å². The lowest BCUT2D eigenvalue weighted by Crippen LogP contribution is -2.48. The van der Waals surface area contributed by atoms with E-state index in [9.17, 15) is 18.8 Å². The third kappa shape index (κ3) is 3.07. The number of carbonyl (C=O) groups is 3. The van der Waals surface area contributed by atoms with Gasteiger partial charge in [-0.1, -0.05) is 30.3 Å². The first-order valence-corrected chi connectivity index (χ1v) is 9.66. The number of para-hydroxylation sites is 1. The van der Waals surface area contributed by atoms with Gasteiger partial charge in [0.05, 0.1) is 12.2 Å². The number of rotatable bonds is 2. The SMILES string of the molecule is CC(=O)NC1=NN(C(C)=O)[C@@]2(S1)C(=O)N(Cc1ccc(F)cc1)c1ccccc12. The number of hydrogen-bond acceptors (Lipinski definition) is 5. The maximum absolute atomic E-state index is 13.7. The van der Waals surface area contributed by atoms with Gasteiger partial charge in [-0.15, -0.1) is 5.10 Å². The van der Waals surface area contributed by atoms with Gasteiger partial charge in [-0.2, -0.15) is 5.01 Å². The Kier molecular flexibility index (Phi) is 4.62. The summed E-state index contributed by atoms with van der Waals surface area (Å²) in [5.74, 6) is -1.49. The van der Waals surface area contributed by atoms with Crippen LogP contribution in [0.2, 0.25) is 0 Å². The van der Waals surface area contributed by atoms with Crippen LogP contribution in [0.15, 0.2) is 53.6 Å². The molecule has 1 atom stereocenters. The third-order valence-corrected chi connectivity index (χ3v) is 5.90. The number of amides is 3. The number of amidine groups is 1. The highest BCUT2D eigenvalue weighted by molar-refractivity contribution is 8.15. The van der Waals surface area contributed by atoms with Crippen LogP contribution >= 0.6 is 11.8 Å². The summed E-state index contributed by atoms with van der Waals surface area (Å²) >= 11 is 1.02. The van der Waals surface area contributed by atoms with Crippen molar-refractivity contribution in [2.75, 3.05) is 4.90 Å². The van der Waals surface area contributed by atoms with Crippen LogP contribution in [0, 0.1) is 5.82 Å². The highest BCUT2D eigenvalue weighted by atomic mass is 32.2. The molecule has 0 unspecified atom stereocenters. The van der Waals surface area contributed by atoms with E-state index in [1.54, 1.807) is 41.3 Å². The van der Waals surface area contributed by atoms with Crippen molar-refractivity contribution in [2.45, 2.75) is 25.3 Å². The molecule has 9 heteroatoms. The smallest absolute Gasteiger partial charge is 0.271 e. The van der Waals surface area contributed by atoms with Gasteiger partial charge in [0.2, 0.25) is 16.7 Å². The standard InChI is InChI=1S/C20H17FN4O3S/c1-12(26)22-19-23-25(13(2)27)20(29-19)16-5-3-4-6-17(16)24(18(20)28)11-14-7-9-15(21)10-8-14/h3-10H,11H2,1-2H3,(H,22,23,26)/t20-/m0/s1. The Bertz CT molecular complexity index is 1060. The second-order valence-corrected chi connectivity index (χ2v) is 7.88. The zero-order valence-electron chi connectivity index (χ0n) is 15.7. The van der Waals surface area contributed by atoms with Crippen molar-refractivity contribution in [2.24, 2.45) is 5.10 Å². The molecule has 2 aromatic carbocycles. The molecule has 3 amide bonds. The maximum atomic E-state index is 13.7. The van der Waals surface area contributed by atoms with Crippen LogP contribution in [0.3, 0.4) is 0 Å². The molecule has 4 rings (SSSR count). The lowest BCUT2D eigenvalue weighted by molar-refractivity contribution is -0.139. The number of benzene rings is 2. The molecular formula is C20H17FN4O3S. The number of nitrogens with one attached hydrogen (secondary N) is 1. The van der Waals surface area contributed by atoms with E-state index in [0.29, 0.717) is 11.3 Å². The minimum Gasteiger partial charge on any atom is -0.304 e. The van der Waals surface area contributed by atoms with Crippen LogP contribution in [0.25, 0.3) is 0 Å². The molecule has 7 nitrogen and oxygen atoms in total.